The molecule has 0 bridgehead atoms. The highest BCUT2D eigenvalue weighted by atomic mass is 16.2. The van der Waals surface area contributed by atoms with Crippen molar-refractivity contribution < 1.29 is 9.59 Å². The van der Waals surface area contributed by atoms with Gasteiger partial charge in [0, 0.05) is 11.1 Å². The molecule has 4 aromatic rings. The molecule has 144 valence electrons. The van der Waals surface area contributed by atoms with Gasteiger partial charge in [0.05, 0.1) is 11.3 Å². The van der Waals surface area contributed by atoms with Crippen molar-refractivity contribution in [3.8, 4) is 0 Å². The molecule has 1 heterocycles. The fourth-order valence-electron chi connectivity index (χ4n) is 3.81. The monoisotopic (exact) mass is 390 g/mol. The largest absolute Gasteiger partial charge is 0.350 e. The van der Waals surface area contributed by atoms with Gasteiger partial charge in [0.1, 0.15) is 5.70 Å². The summed E-state index contributed by atoms with van der Waals surface area (Å²) in [6.45, 7) is 0. The van der Waals surface area contributed by atoms with E-state index < -0.39 is 0 Å². The predicted octanol–water partition coefficient (Wildman–Crippen LogP) is 5.24. The molecule has 2 amide bonds. The van der Waals surface area contributed by atoms with Gasteiger partial charge in [0.2, 0.25) is 0 Å². The molecule has 0 aliphatic carbocycles. The Hall–Kier alpha value is -4.18. The maximum atomic E-state index is 13.6. The number of hydrogen-bond acceptors (Lipinski definition) is 3. The molecule has 0 fully saturated rings. The molecule has 5 rings (SSSR count). The molecular weight excluding hydrogens is 372 g/mol. The fraction of sp³-hybridized carbons (Fsp3) is 0. The number of nitrogens with zero attached hydrogens (tertiary/aromatic N) is 1. The molecule has 0 aromatic heterocycles. The van der Waals surface area contributed by atoms with Crippen molar-refractivity contribution in [3.63, 3.8) is 0 Å². The number of carbonyl (C=O) groups is 2. The van der Waals surface area contributed by atoms with Gasteiger partial charge in [-0.3, -0.25) is 9.59 Å². The van der Waals surface area contributed by atoms with Gasteiger partial charge in [-0.15, -0.1) is 0 Å². The van der Waals surface area contributed by atoms with Crippen molar-refractivity contribution in [1.29, 1.82) is 0 Å². The highest BCUT2D eigenvalue weighted by molar-refractivity contribution is 6.47. The molecule has 0 unspecified atom stereocenters. The third-order valence-electron chi connectivity index (χ3n) is 5.20. The number of rotatable bonds is 4. The number of benzene rings is 4. The molecule has 4 aromatic carbocycles. The lowest BCUT2D eigenvalue weighted by Gasteiger charge is -2.17. The average molecular weight is 390 g/mol. The summed E-state index contributed by atoms with van der Waals surface area (Å²) in [5, 5.41) is 5.02. The number of anilines is 2. The Kier molecular flexibility index (Phi) is 4.37. The summed E-state index contributed by atoms with van der Waals surface area (Å²) in [5.41, 5.74) is 2.70. The molecule has 30 heavy (non-hydrogen) atoms. The third-order valence-corrected chi connectivity index (χ3v) is 5.20. The summed E-state index contributed by atoms with van der Waals surface area (Å²) in [7, 11) is 0. The first-order valence-electron chi connectivity index (χ1n) is 9.72. The first kappa shape index (κ1) is 17.9. The summed E-state index contributed by atoms with van der Waals surface area (Å²) in [4.78, 5) is 28.4. The van der Waals surface area contributed by atoms with Crippen LogP contribution in [0.5, 0.6) is 0 Å². The number of nitrogens with one attached hydrogen (secondary N) is 1. The second kappa shape index (κ2) is 7.33. The van der Waals surface area contributed by atoms with Gasteiger partial charge in [-0.05, 0) is 29.1 Å². The van der Waals surface area contributed by atoms with Gasteiger partial charge in [-0.1, -0.05) is 84.9 Å². The molecule has 1 aliphatic rings. The zero-order chi connectivity index (χ0) is 20.5. The summed E-state index contributed by atoms with van der Waals surface area (Å²) < 4.78 is 0. The maximum Gasteiger partial charge on any atom is 0.282 e. The Morgan fingerprint density at radius 1 is 0.600 bits per heavy atom. The smallest absolute Gasteiger partial charge is 0.282 e. The van der Waals surface area contributed by atoms with Crippen LogP contribution in [0.2, 0.25) is 0 Å². The number of hydrogen-bond donors (Lipinski definition) is 1. The van der Waals surface area contributed by atoms with Crippen molar-refractivity contribution in [2.24, 2.45) is 0 Å². The van der Waals surface area contributed by atoms with E-state index in [1.165, 1.54) is 4.90 Å². The Morgan fingerprint density at radius 2 is 1.23 bits per heavy atom. The normalized spacial score (nSPS) is 13.9. The molecule has 0 saturated heterocycles. The van der Waals surface area contributed by atoms with E-state index in [0.717, 1.165) is 16.5 Å². The van der Waals surface area contributed by atoms with Crippen LogP contribution in [0.1, 0.15) is 5.56 Å². The minimum atomic E-state index is -0.362. The fourth-order valence-corrected chi connectivity index (χ4v) is 3.81. The van der Waals surface area contributed by atoms with E-state index in [9.17, 15) is 9.59 Å². The molecular formula is C26H18N2O2. The van der Waals surface area contributed by atoms with Crippen LogP contribution in [-0.4, -0.2) is 11.8 Å². The van der Waals surface area contributed by atoms with Crippen LogP contribution >= 0.6 is 0 Å². The number of imide groups is 1. The summed E-state index contributed by atoms with van der Waals surface area (Å²) >= 11 is 0. The quantitative estimate of drug-likeness (QED) is 0.485. The Morgan fingerprint density at radius 3 is 2.00 bits per heavy atom. The van der Waals surface area contributed by atoms with Crippen molar-refractivity contribution in [3.05, 3.63) is 114 Å². The maximum absolute atomic E-state index is 13.6. The van der Waals surface area contributed by atoms with Crippen molar-refractivity contribution in [2.45, 2.75) is 0 Å². The number of amides is 2. The summed E-state index contributed by atoms with van der Waals surface area (Å²) in [6, 6.07) is 32.1. The van der Waals surface area contributed by atoms with E-state index in [1.807, 2.05) is 103 Å². The molecule has 4 nitrogen and oxygen atoms in total. The van der Waals surface area contributed by atoms with Crippen molar-refractivity contribution >= 4 is 39.5 Å². The highest BCUT2D eigenvalue weighted by Crippen LogP contribution is 2.36. The number of para-hydroxylation sites is 1. The van der Waals surface area contributed by atoms with E-state index in [-0.39, 0.29) is 17.5 Å². The van der Waals surface area contributed by atoms with Crippen LogP contribution in [0, 0.1) is 0 Å². The molecule has 1 N–H and O–H groups in total. The lowest BCUT2D eigenvalue weighted by Crippen LogP contribution is -2.32. The Labute approximate surface area is 174 Å². The minimum Gasteiger partial charge on any atom is -0.350 e. The number of carbonyl (C=O) groups excluding carboxylic acids is 2. The van der Waals surface area contributed by atoms with Gasteiger partial charge < -0.3 is 5.32 Å². The van der Waals surface area contributed by atoms with Gasteiger partial charge in [0.15, 0.2) is 0 Å². The van der Waals surface area contributed by atoms with Crippen LogP contribution in [0.3, 0.4) is 0 Å². The predicted molar refractivity (Wildman–Crippen MR) is 120 cm³/mol. The minimum absolute atomic E-state index is 0.283. The lowest BCUT2D eigenvalue weighted by atomic mass is 10.0. The van der Waals surface area contributed by atoms with Gasteiger partial charge in [0.25, 0.3) is 11.8 Å². The van der Waals surface area contributed by atoms with E-state index in [2.05, 4.69) is 5.32 Å². The lowest BCUT2D eigenvalue weighted by molar-refractivity contribution is -0.120. The van der Waals surface area contributed by atoms with Gasteiger partial charge >= 0.3 is 0 Å². The van der Waals surface area contributed by atoms with Crippen molar-refractivity contribution in [2.75, 3.05) is 10.2 Å². The number of fused-ring (bicyclic) bond motifs is 1. The zero-order valence-corrected chi connectivity index (χ0v) is 16.1. The highest BCUT2D eigenvalue weighted by Gasteiger charge is 2.40. The van der Waals surface area contributed by atoms with Crippen molar-refractivity contribution in [1.82, 2.24) is 0 Å². The second-order valence-electron chi connectivity index (χ2n) is 7.05. The Balaban J connectivity index is 1.67. The average Bonchev–Trinajstić information content (AvgIpc) is 3.04. The zero-order valence-electron chi connectivity index (χ0n) is 16.1. The summed E-state index contributed by atoms with van der Waals surface area (Å²) in [5.74, 6) is -0.694. The molecule has 0 spiro atoms. The van der Waals surface area contributed by atoms with Gasteiger partial charge in [-0.2, -0.15) is 0 Å². The second-order valence-corrected chi connectivity index (χ2v) is 7.05. The molecule has 0 saturated carbocycles. The summed E-state index contributed by atoms with van der Waals surface area (Å²) in [6.07, 6.45) is 0. The first-order chi connectivity index (χ1) is 14.7. The van der Waals surface area contributed by atoms with E-state index in [0.29, 0.717) is 16.8 Å². The van der Waals surface area contributed by atoms with E-state index in [4.69, 9.17) is 0 Å². The van der Waals surface area contributed by atoms with Crippen LogP contribution in [-0.2, 0) is 9.59 Å². The third kappa shape index (κ3) is 2.95. The SMILES string of the molecule is O=C1C(Nc2ccccc2)=C(c2ccccc2)C(=O)N1c1cccc2ccccc12. The first-order valence-corrected chi connectivity index (χ1v) is 9.72. The van der Waals surface area contributed by atoms with Crippen LogP contribution in [0.4, 0.5) is 11.4 Å². The molecule has 1 aliphatic heterocycles. The van der Waals surface area contributed by atoms with Crippen LogP contribution in [0.15, 0.2) is 109 Å². The molecule has 0 atom stereocenters. The van der Waals surface area contributed by atoms with Gasteiger partial charge in [-0.25, -0.2) is 4.90 Å². The van der Waals surface area contributed by atoms with E-state index in [1.54, 1.807) is 0 Å². The van der Waals surface area contributed by atoms with Crippen LogP contribution in [0.25, 0.3) is 16.3 Å². The standard InChI is InChI=1S/C26H18N2O2/c29-25-23(19-11-3-1-4-12-19)24(27-20-14-5-2-6-15-20)26(30)28(25)22-17-9-13-18-10-7-8-16-21(18)22/h1-17,27H. The molecule has 4 heteroatoms. The Bertz CT molecular complexity index is 1290. The topological polar surface area (TPSA) is 49.4 Å². The van der Waals surface area contributed by atoms with E-state index >= 15 is 0 Å². The van der Waals surface area contributed by atoms with Crippen LogP contribution < -0.4 is 10.2 Å². The molecule has 0 radical (unpaired) electrons.